The predicted molar refractivity (Wildman–Crippen MR) is 69.0 cm³/mol. The number of hydrogen-bond acceptors (Lipinski definition) is 4. The Morgan fingerprint density at radius 2 is 2.00 bits per heavy atom. The number of rotatable bonds is 8. The SMILES string of the molecule is C=CCOC(C)(C)C(=O)NCCOC(=O)C(=C)C. The lowest BCUT2D eigenvalue weighted by Gasteiger charge is -2.23. The standard InChI is InChI=1S/C13H21NO4/c1-6-8-18-13(4,5)12(16)14-7-9-17-11(15)10(2)3/h6H,1-2,7-9H2,3-5H3,(H,14,16). The molecule has 0 bridgehead atoms. The number of carbonyl (C=O) groups excluding carboxylic acids is 2. The summed E-state index contributed by atoms with van der Waals surface area (Å²) in [6, 6.07) is 0. The first-order valence-corrected chi connectivity index (χ1v) is 5.67. The van der Waals surface area contributed by atoms with Gasteiger partial charge in [0.05, 0.1) is 13.2 Å². The number of ether oxygens (including phenoxy) is 2. The first-order valence-electron chi connectivity index (χ1n) is 5.67. The molecule has 1 N–H and O–H groups in total. The lowest BCUT2D eigenvalue weighted by atomic mass is 10.1. The second-order valence-electron chi connectivity index (χ2n) is 4.28. The second kappa shape index (κ2) is 7.66. The van der Waals surface area contributed by atoms with Crippen molar-refractivity contribution < 1.29 is 19.1 Å². The Morgan fingerprint density at radius 3 is 2.50 bits per heavy atom. The van der Waals surface area contributed by atoms with Crippen molar-refractivity contribution in [3.05, 3.63) is 24.8 Å². The molecule has 0 heterocycles. The Kier molecular flexibility index (Phi) is 6.97. The van der Waals surface area contributed by atoms with Crippen LogP contribution in [0.15, 0.2) is 24.8 Å². The van der Waals surface area contributed by atoms with Gasteiger partial charge in [-0.2, -0.15) is 0 Å². The zero-order chi connectivity index (χ0) is 14.2. The molecule has 0 fully saturated rings. The fourth-order valence-corrected chi connectivity index (χ4v) is 0.977. The quantitative estimate of drug-likeness (QED) is 0.306. The first-order chi connectivity index (χ1) is 8.31. The van der Waals surface area contributed by atoms with Crippen molar-refractivity contribution in [3.8, 4) is 0 Å². The van der Waals surface area contributed by atoms with E-state index in [1.807, 2.05) is 0 Å². The van der Waals surface area contributed by atoms with Crippen LogP contribution in [-0.4, -0.2) is 37.2 Å². The van der Waals surface area contributed by atoms with Crippen molar-refractivity contribution in [2.45, 2.75) is 26.4 Å². The van der Waals surface area contributed by atoms with Gasteiger partial charge in [0.15, 0.2) is 0 Å². The number of hydrogen-bond donors (Lipinski definition) is 1. The van der Waals surface area contributed by atoms with E-state index in [4.69, 9.17) is 9.47 Å². The highest BCUT2D eigenvalue weighted by Crippen LogP contribution is 2.08. The summed E-state index contributed by atoms with van der Waals surface area (Å²) >= 11 is 0. The summed E-state index contributed by atoms with van der Waals surface area (Å²) in [7, 11) is 0. The van der Waals surface area contributed by atoms with E-state index in [2.05, 4.69) is 18.5 Å². The van der Waals surface area contributed by atoms with Crippen LogP contribution >= 0.6 is 0 Å². The van der Waals surface area contributed by atoms with E-state index < -0.39 is 11.6 Å². The minimum atomic E-state index is -0.938. The van der Waals surface area contributed by atoms with Crippen molar-refractivity contribution in [2.75, 3.05) is 19.8 Å². The van der Waals surface area contributed by atoms with Crippen LogP contribution in [-0.2, 0) is 19.1 Å². The molecule has 0 aromatic rings. The smallest absolute Gasteiger partial charge is 0.333 e. The monoisotopic (exact) mass is 255 g/mol. The minimum Gasteiger partial charge on any atom is -0.460 e. The molecule has 1 amide bonds. The summed E-state index contributed by atoms with van der Waals surface area (Å²) < 4.78 is 10.1. The highest BCUT2D eigenvalue weighted by atomic mass is 16.5. The van der Waals surface area contributed by atoms with Crippen molar-refractivity contribution in [1.29, 1.82) is 0 Å². The molecule has 0 radical (unpaired) electrons. The minimum absolute atomic E-state index is 0.106. The maximum atomic E-state index is 11.7. The molecule has 0 atom stereocenters. The molecule has 0 rings (SSSR count). The molecular weight excluding hydrogens is 234 g/mol. The molecule has 0 saturated heterocycles. The normalized spacial score (nSPS) is 10.6. The van der Waals surface area contributed by atoms with E-state index in [0.717, 1.165) is 0 Å². The molecule has 0 unspecified atom stereocenters. The van der Waals surface area contributed by atoms with Gasteiger partial charge < -0.3 is 14.8 Å². The molecule has 18 heavy (non-hydrogen) atoms. The average Bonchev–Trinajstić information content (AvgIpc) is 2.31. The van der Waals surface area contributed by atoms with Crippen LogP contribution in [0.5, 0.6) is 0 Å². The Hall–Kier alpha value is -1.62. The average molecular weight is 255 g/mol. The molecule has 0 aromatic heterocycles. The van der Waals surface area contributed by atoms with Crippen LogP contribution in [0, 0.1) is 0 Å². The molecule has 0 aliphatic rings. The van der Waals surface area contributed by atoms with Crippen molar-refractivity contribution in [3.63, 3.8) is 0 Å². The fourth-order valence-electron chi connectivity index (χ4n) is 0.977. The Labute approximate surface area is 108 Å². The van der Waals surface area contributed by atoms with E-state index in [0.29, 0.717) is 12.2 Å². The van der Waals surface area contributed by atoms with Gasteiger partial charge in [0.2, 0.25) is 0 Å². The largest absolute Gasteiger partial charge is 0.460 e. The molecule has 5 nitrogen and oxygen atoms in total. The Bertz CT molecular complexity index is 334. The number of esters is 1. The third-order valence-electron chi connectivity index (χ3n) is 2.08. The van der Waals surface area contributed by atoms with Gasteiger partial charge in [-0.1, -0.05) is 12.7 Å². The van der Waals surface area contributed by atoms with E-state index in [9.17, 15) is 9.59 Å². The molecule has 0 aliphatic heterocycles. The van der Waals surface area contributed by atoms with Gasteiger partial charge in [-0.25, -0.2) is 4.79 Å². The summed E-state index contributed by atoms with van der Waals surface area (Å²) in [6.45, 7) is 12.5. The number of amides is 1. The predicted octanol–water partition coefficient (Wildman–Crippen LogP) is 1.20. The first kappa shape index (κ1) is 16.4. The second-order valence-corrected chi connectivity index (χ2v) is 4.28. The van der Waals surface area contributed by atoms with Gasteiger partial charge >= 0.3 is 5.97 Å². The van der Waals surface area contributed by atoms with Crippen molar-refractivity contribution in [1.82, 2.24) is 5.32 Å². The number of nitrogens with one attached hydrogen (secondary N) is 1. The van der Waals surface area contributed by atoms with Crippen LogP contribution in [0.25, 0.3) is 0 Å². The molecule has 0 saturated carbocycles. The van der Waals surface area contributed by atoms with Crippen molar-refractivity contribution in [2.24, 2.45) is 0 Å². The zero-order valence-corrected chi connectivity index (χ0v) is 11.2. The van der Waals surface area contributed by atoms with E-state index in [1.54, 1.807) is 26.8 Å². The lowest BCUT2D eigenvalue weighted by molar-refractivity contribution is -0.143. The third-order valence-corrected chi connectivity index (χ3v) is 2.08. The molecular formula is C13H21NO4. The van der Waals surface area contributed by atoms with Crippen LogP contribution in [0.1, 0.15) is 20.8 Å². The Balaban J connectivity index is 3.92. The molecule has 0 aromatic carbocycles. The zero-order valence-electron chi connectivity index (χ0n) is 11.2. The summed E-state index contributed by atoms with van der Waals surface area (Å²) in [5.41, 5.74) is -0.608. The van der Waals surface area contributed by atoms with E-state index in [-0.39, 0.29) is 19.1 Å². The van der Waals surface area contributed by atoms with Crippen LogP contribution < -0.4 is 5.32 Å². The molecule has 5 heteroatoms. The fraction of sp³-hybridized carbons (Fsp3) is 0.538. The Morgan fingerprint density at radius 1 is 1.39 bits per heavy atom. The van der Waals surface area contributed by atoms with Gasteiger partial charge in [-0.3, -0.25) is 4.79 Å². The number of carbonyl (C=O) groups is 2. The van der Waals surface area contributed by atoms with Gasteiger partial charge in [0.25, 0.3) is 5.91 Å². The molecule has 0 aliphatic carbocycles. The molecule has 0 spiro atoms. The summed E-state index contributed by atoms with van der Waals surface area (Å²) in [4.78, 5) is 22.8. The van der Waals surface area contributed by atoms with Gasteiger partial charge in [-0.05, 0) is 20.8 Å². The summed E-state index contributed by atoms with van der Waals surface area (Å²) in [5.74, 6) is -0.734. The topological polar surface area (TPSA) is 64.6 Å². The maximum absolute atomic E-state index is 11.7. The molecule has 102 valence electrons. The van der Waals surface area contributed by atoms with Gasteiger partial charge in [-0.15, -0.1) is 6.58 Å². The van der Waals surface area contributed by atoms with Crippen molar-refractivity contribution >= 4 is 11.9 Å². The highest BCUT2D eigenvalue weighted by Gasteiger charge is 2.27. The van der Waals surface area contributed by atoms with E-state index >= 15 is 0 Å². The lowest BCUT2D eigenvalue weighted by Crippen LogP contribution is -2.45. The van der Waals surface area contributed by atoms with Crippen LogP contribution in [0.3, 0.4) is 0 Å². The van der Waals surface area contributed by atoms with Gasteiger partial charge in [0.1, 0.15) is 12.2 Å². The maximum Gasteiger partial charge on any atom is 0.333 e. The third kappa shape index (κ3) is 6.20. The van der Waals surface area contributed by atoms with Crippen LogP contribution in [0.2, 0.25) is 0 Å². The summed E-state index contributed by atoms with van der Waals surface area (Å²) in [5, 5.41) is 2.62. The van der Waals surface area contributed by atoms with E-state index in [1.165, 1.54) is 0 Å². The van der Waals surface area contributed by atoms with Gasteiger partial charge in [0, 0.05) is 5.57 Å². The highest BCUT2D eigenvalue weighted by molar-refractivity contribution is 5.87. The van der Waals surface area contributed by atoms with Crippen LogP contribution in [0.4, 0.5) is 0 Å². The summed E-state index contributed by atoms with van der Waals surface area (Å²) in [6.07, 6.45) is 1.57.